The summed E-state index contributed by atoms with van der Waals surface area (Å²) >= 11 is 1.66. The number of thiazole rings is 1. The lowest BCUT2D eigenvalue weighted by Crippen LogP contribution is -2.47. The Bertz CT molecular complexity index is 952. The molecule has 0 saturated carbocycles. The van der Waals surface area contributed by atoms with Crippen molar-refractivity contribution in [2.24, 2.45) is 0 Å². The number of para-hydroxylation sites is 1. The molecule has 2 aromatic heterocycles. The Labute approximate surface area is 155 Å². The maximum atomic E-state index is 14.4. The average Bonchev–Trinajstić information content (AvgIpc) is 3.09. The van der Waals surface area contributed by atoms with Gasteiger partial charge in [-0.25, -0.2) is 19.3 Å². The highest BCUT2D eigenvalue weighted by Crippen LogP contribution is 2.34. The molecule has 4 rings (SSSR count). The molecule has 26 heavy (non-hydrogen) atoms. The molecule has 0 unspecified atom stereocenters. The zero-order chi connectivity index (χ0) is 18.3. The summed E-state index contributed by atoms with van der Waals surface area (Å²) in [7, 11) is 1.66. The van der Waals surface area contributed by atoms with E-state index in [9.17, 15) is 4.39 Å². The van der Waals surface area contributed by atoms with Crippen LogP contribution >= 0.6 is 11.3 Å². The van der Waals surface area contributed by atoms with Gasteiger partial charge >= 0.3 is 0 Å². The number of ether oxygens (including phenoxy) is 1. The van der Waals surface area contributed by atoms with Crippen molar-refractivity contribution in [3.05, 3.63) is 35.5 Å². The predicted octanol–water partition coefficient (Wildman–Crippen LogP) is 3.18. The summed E-state index contributed by atoms with van der Waals surface area (Å²) in [5, 5.41) is 0.972. The fourth-order valence-corrected chi connectivity index (χ4v) is 4.25. The largest absolute Gasteiger partial charge is 0.494 e. The van der Waals surface area contributed by atoms with Gasteiger partial charge < -0.3 is 14.5 Å². The van der Waals surface area contributed by atoms with Gasteiger partial charge in [0.05, 0.1) is 17.5 Å². The van der Waals surface area contributed by atoms with E-state index in [1.165, 1.54) is 0 Å². The molecule has 0 atom stereocenters. The number of rotatable bonds is 3. The van der Waals surface area contributed by atoms with E-state index in [0.717, 1.165) is 34.2 Å². The summed E-state index contributed by atoms with van der Waals surface area (Å²) in [6.45, 7) is 6.39. The van der Waals surface area contributed by atoms with Gasteiger partial charge in [-0.1, -0.05) is 17.4 Å². The summed E-state index contributed by atoms with van der Waals surface area (Å²) in [5.74, 6) is 1.46. The van der Waals surface area contributed by atoms with E-state index in [-0.39, 0.29) is 5.82 Å². The highest BCUT2D eigenvalue weighted by Gasteiger charge is 2.24. The van der Waals surface area contributed by atoms with Gasteiger partial charge in [-0.2, -0.15) is 0 Å². The molecule has 0 spiro atoms. The topological polar surface area (TPSA) is 54.4 Å². The molecule has 136 valence electrons. The molecule has 1 fully saturated rings. The van der Waals surface area contributed by atoms with Gasteiger partial charge in [-0.05, 0) is 26.0 Å². The van der Waals surface area contributed by atoms with Crippen LogP contribution in [0.1, 0.15) is 11.5 Å². The van der Waals surface area contributed by atoms with Crippen LogP contribution in [0.2, 0.25) is 0 Å². The lowest BCUT2D eigenvalue weighted by molar-refractivity contribution is 0.419. The van der Waals surface area contributed by atoms with Crippen molar-refractivity contribution >= 4 is 32.5 Å². The first kappa shape index (κ1) is 17.0. The molecule has 6 nitrogen and oxygen atoms in total. The molecule has 8 heteroatoms. The first-order valence-electron chi connectivity index (χ1n) is 8.51. The van der Waals surface area contributed by atoms with E-state index in [1.807, 2.05) is 17.0 Å². The minimum Gasteiger partial charge on any atom is -0.494 e. The fraction of sp³-hybridized carbons (Fsp3) is 0.389. The monoisotopic (exact) mass is 373 g/mol. The van der Waals surface area contributed by atoms with Crippen LogP contribution in [-0.4, -0.2) is 48.2 Å². The molecule has 1 aliphatic rings. The molecule has 3 heterocycles. The molecule has 1 saturated heterocycles. The number of hydrogen-bond acceptors (Lipinski definition) is 7. The Kier molecular flexibility index (Phi) is 4.36. The fourth-order valence-electron chi connectivity index (χ4n) is 3.21. The van der Waals surface area contributed by atoms with E-state index in [1.54, 1.807) is 32.3 Å². The molecule has 1 aromatic carbocycles. The Morgan fingerprint density at radius 2 is 1.77 bits per heavy atom. The number of nitrogens with zero attached hydrogens (tertiary/aromatic N) is 5. The summed E-state index contributed by atoms with van der Waals surface area (Å²) in [6, 6.07) is 5.95. The van der Waals surface area contributed by atoms with Crippen molar-refractivity contribution < 1.29 is 9.13 Å². The number of aryl methyl sites for hydroxylation is 2. The first-order chi connectivity index (χ1) is 12.6. The Balaban J connectivity index is 1.54. The summed E-state index contributed by atoms with van der Waals surface area (Å²) in [6.07, 6.45) is 0. The van der Waals surface area contributed by atoms with E-state index < -0.39 is 0 Å². The van der Waals surface area contributed by atoms with Gasteiger partial charge in [0.25, 0.3) is 0 Å². The van der Waals surface area contributed by atoms with Crippen LogP contribution in [0.5, 0.6) is 5.75 Å². The number of anilines is 2. The van der Waals surface area contributed by atoms with E-state index in [2.05, 4.69) is 20.9 Å². The van der Waals surface area contributed by atoms with E-state index in [0.29, 0.717) is 30.4 Å². The van der Waals surface area contributed by atoms with Gasteiger partial charge in [0.2, 0.25) is 0 Å². The zero-order valence-corrected chi connectivity index (χ0v) is 15.8. The lowest BCUT2D eigenvalue weighted by Gasteiger charge is -2.35. The normalized spacial score (nSPS) is 14.9. The van der Waals surface area contributed by atoms with Gasteiger partial charge in [0.15, 0.2) is 16.8 Å². The Morgan fingerprint density at radius 1 is 1.04 bits per heavy atom. The van der Waals surface area contributed by atoms with Crippen molar-refractivity contribution in [1.29, 1.82) is 0 Å². The van der Waals surface area contributed by atoms with Crippen LogP contribution in [0.15, 0.2) is 18.2 Å². The van der Waals surface area contributed by atoms with Gasteiger partial charge in [-0.3, -0.25) is 0 Å². The Hall–Kier alpha value is -2.48. The second-order valence-corrected chi connectivity index (χ2v) is 7.28. The SMILES string of the molecule is COc1cccc2sc(N3CCN(c4nc(C)nc(C)c4F)CC3)nc12. The first-order valence-corrected chi connectivity index (χ1v) is 9.32. The van der Waals surface area contributed by atoms with Gasteiger partial charge in [0.1, 0.15) is 17.1 Å². The highest BCUT2D eigenvalue weighted by atomic mass is 32.1. The summed E-state index contributed by atoms with van der Waals surface area (Å²) in [4.78, 5) is 17.4. The third-order valence-electron chi connectivity index (χ3n) is 4.55. The van der Waals surface area contributed by atoms with Crippen molar-refractivity contribution in [2.75, 3.05) is 43.1 Å². The molecule has 0 N–H and O–H groups in total. The maximum absolute atomic E-state index is 14.4. The number of halogens is 1. The summed E-state index contributed by atoms with van der Waals surface area (Å²) < 4.78 is 20.9. The lowest BCUT2D eigenvalue weighted by atomic mass is 10.3. The molecule has 1 aliphatic heterocycles. The molecule has 0 bridgehead atoms. The number of methoxy groups -OCH3 is 1. The van der Waals surface area contributed by atoms with Crippen LogP contribution in [0.4, 0.5) is 15.3 Å². The highest BCUT2D eigenvalue weighted by molar-refractivity contribution is 7.22. The van der Waals surface area contributed by atoms with E-state index in [4.69, 9.17) is 9.72 Å². The van der Waals surface area contributed by atoms with Crippen LogP contribution in [0, 0.1) is 19.7 Å². The zero-order valence-electron chi connectivity index (χ0n) is 15.0. The number of piperazine rings is 1. The molecule has 0 amide bonds. The molecule has 0 radical (unpaired) electrons. The second kappa shape index (κ2) is 6.68. The predicted molar refractivity (Wildman–Crippen MR) is 102 cm³/mol. The third kappa shape index (κ3) is 2.94. The molecular formula is C18H20FN5OS. The smallest absolute Gasteiger partial charge is 0.186 e. The number of fused-ring (bicyclic) bond motifs is 1. The van der Waals surface area contributed by atoms with Crippen LogP contribution in [0.3, 0.4) is 0 Å². The number of hydrogen-bond donors (Lipinski definition) is 0. The van der Waals surface area contributed by atoms with Gasteiger partial charge in [-0.15, -0.1) is 0 Å². The minimum atomic E-state index is -0.325. The minimum absolute atomic E-state index is 0.325. The molecule has 0 aliphatic carbocycles. The number of aromatic nitrogens is 3. The van der Waals surface area contributed by atoms with Crippen molar-refractivity contribution in [2.45, 2.75) is 13.8 Å². The van der Waals surface area contributed by atoms with Crippen molar-refractivity contribution in [3.8, 4) is 5.75 Å². The third-order valence-corrected chi connectivity index (χ3v) is 5.63. The quantitative estimate of drug-likeness (QED) is 0.703. The van der Waals surface area contributed by atoms with Gasteiger partial charge in [0, 0.05) is 26.2 Å². The van der Waals surface area contributed by atoms with Crippen LogP contribution < -0.4 is 14.5 Å². The second-order valence-electron chi connectivity index (χ2n) is 6.27. The average molecular weight is 373 g/mol. The summed E-state index contributed by atoms with van der Waals surface area (Å²) in [5.41, 5.74) is 1.29. The van der Waals surface area contributed by atoms with Crippen LogP contribution in [-0.2, 0) is 0 Å². The Morgan fingerprint density at radius 3 is 2.50 bits per heavy atom. The molecular weight excluding hydrogens is 353 g/mol. The van der Waals surface area contributed by atoms with E-state index >= 15 is 0 Å². The maximum Gasteiger partial charge on any atom is 0.186 e. The van der Waals surface area contributed by atoms with Crippen LogP contribution in [0.25, 0.3) is 10.2 Å². The van der Waals surface area contributed by atoms with Crippen molar-refractivity contribution in [3.63, 3.8) is 0 Å². The molecule has 3 aromatic rings. The standard InChI is InChI=1S/C18H20FN5OS/c1-11-15(19)17(21-12(2)20-11)23-7-9-24(10-8-23)18-22-16-13(25-3)5-4-6-14(16)26-18/h4-6H,7-10H2,1-3H3. The number of benzene rings is 1. The van der Waals surface area contributed by atoms with Crippen molar-refractivity contribution in [1.82, 2.24) is 15.0 Å².